The number of aliphatic hydroxyl groups is 1. The third kappa shape index (κ3) is 5.25. The van der Waals surface area contributed by atoms with E-state index in [1.165, 1.54) is 6.42 Å². The molecule has 0 aliphatic rings. The Balaban J connectivity index is 3.48. The predicted octanol–water partition coefficient (Wildman–Crippen LogP) is 2.69. The summed E-state index contributed by atoms with van der Waals surface area (Å²) in [6.45, 7) is 9.37. The van der Waals surface area contributed by atoms with Gasteiger partial charge in [0.05, 0.1) is 0 Å². The summed E-state index contributed by atoms with van der Waals surface area (Å²) in [7, 11) is 0. The normalized spacial score (nSPS) is 16.9. The van der Waals surface area contributed by atoms with Gasteiger partial charge in [-0.15, -0.1) is 0 Å². The van der Waals surface area contributed by atoms with Crippen LogP contribution >= 0.6 is 0 Å². The van der Waals surface area contributed by atoms with Crippen LogP contribution in [0.2, 0.25) is 0 Å². The monoisotopic (exact) mass is 158 g/mol. The maximum atomic E-state index is 8.69. The lowest BCUT2D eigenvalue weighted by molar-refractivity contribution is 0.237. The Labute approximate surface area is 70.8 Å². The molecule has 1 heteroatoms. The summed E-state index contributed by atoms with van der Waals surface area (Å²) in [4.78, 5) is 0. The lowest BCUT2D eigenvalue weighted by Crippen LogP contribution is -2.10. The fourth-order valence-electron chi connectivity index (χ4n) is 1.25. The van der Waals surface area contributed by atoms with Crippen LogP contribution in [0, 0.1) is 17.8 Å². The van der Waals surface area contributed by atoms with Gasteiger partial charge >= 0.3 is 0 Å². The molecule has 1 N–H and O–H groups in total. The molecule has 0 saturated carbocycles. The van der Waals surface area contributed by atoms with Crippen molar-refractivity contribution in [2.24, 2.45) is 17.8 Å². The first-order valence-corrected chi connectivity index (χ1v) is 4.68. The molecule has 0 spiro atoms. The summed E-state index contributed by atoms with van der Waals surface area (Å²) >= 11 is 0. The van der Waals surface area contributed by atoms with Crippen molar-refractivity contribution in [2.75, 3.05) is 6.61 Å². The summed E-state index contributed by atoms with van der Waals surface area (Å²) in [6.07, 6.45) is 2.20. The molecule has 0 fully saturated rings. The van der Waals surface area contributed by atoms with Crippen LogP contribution in [0.15, 0.2) is 0 Å². The van der Waals surface area contributed by atoms with Crippen LogP contribution in [0.3, 0.4) is 0 Å². The minimum atomic E-state index is 0.339. The Kier molecular flexibility index (Phi) is 5.57. The first kappa shape index (κ1) is 11.0. The van der Waals surface area contributed by atoms with Crippen molar-refractivity contribution < 1.29 is 5.11 Å². The Bertz CT molecular complexity index is 88.9. The molecule has 2 unspecified atom stereocenters. The van der Waals surface area contributed by atoms with Crippen molar-refractivity contribution in [3.05, 3.63) is 0 Å². The van der Waals surface area contributed by atoms with Gasteiger partial charge in [0.15, 0.2) is 0 Å². The molecule has 0 aromatic rings. The highest BCUT2D eigenvalue weighted by Gasteiger charge is 2.10. The van der Waals surface area contributed by atoms with Gasteiger partial charge in [-0.2, -0.15) is 0 Å². The summed E-state index contributed by atoms with van der Waals surface area (Å²) in [5, 5.41) is 8.69. The first-order chi connectivity index (χ1) is 5.07. The molecule has 68 valence electrons. The third-order valence-corrected chi connectivity index (χ3v) is 2.53. The van der Waals surface area contributed by atoms with E-state index in [-0.39, 0.29) is 0 Å². The van der Waals surface area contributed by atoms with Crippen LogP contribution in [0.1, 0.15) is 40.5 Å². The summed E-state index contributed by atoms with van der Waals surface area (Å²) < 4.78 is 0. The van der Waals surface area contributed by atoms with Gasteiger partial charge in [0.1, 0.15) is 0 Å². The average molecular weight is 158 g/mol. The van der Waals surface area contributed by atoms with Gasteiger partial charge in [-0.1, -0.05) is 27.7 Å². The highest BCUT2D eigenvalue weighted by Crippen LogP contribution is 2.20. The van der Waals surface area contributed by atoms with Crippen LogP contribution in [0.4, 0.5) is 0 Å². The Morgan fingerprint density at radius 3 is 2.00 bits per heavy atom. The van der Waals surface area contributed by atoms with Gasteiger partial charge < -0.3 is 5.11 Å². The highest BCUT2D eigenvalue weighted by atomic mass is 16.3. The van der Waals surface area contributed by atoms with E-state index in [0.717, 1.165) is 18.3 Å². The van der Waals surface area contributed by atoms with E-state index in [0.29, 0.717) is 12.5 Å². The summed E-state index contributed by atoms with van der Waals surface area (Å²) in [5.74, 6) is 2.24. The number of hydrogen-bond acceptors (Lipinski definition) is 1. The van der Waals surface area contributed by atoms with Crippen molar-refractivity contribution in [1.29, 1.82) is 0 Å². The van der Waals surface area contributed by atoms with Crippen molar-refractivity contribution >= 4 is 0 Å². The van der Waals surface area contributed by atoms with Gasteiger partial charge in [-0.05, 0) is 30.6 Å². The van der Waals surface area contributed by atoms with Crippen molar-refractivity contribution in [1.82, 2.24) is 0 Å². The van der Waals surface area contributed by atoms with Crippen molar-refractivity contribution in [3.8, 4) is 0 Å². The molecule has 0 radical (unpaired) electrons. The van der Waals surface area contributed by atoms with E-state index in [1.807, 2.05) is 0 Å². The summed E-state index contributed by atoms with van der Waals surface area (Å²) in [5.41, 5.74) is 0. The van der Waals surface area contributed by atoms with Crippen molar-refractivity contribution in [3.63, 3.8) is 0 Å². The lowest BCUT2D eigenvalue weighted by Gasteiger charge is -2.19. The maximum Gasteiger partial charge on any atom is 0.0433 e. The standard InChI is InChI=1S/C10H22O/c1-8(2)10(4)7-9(3)5-6-11/h8-11H,5-7H2,1-4H3. The van der Waals surface area contributed by atoms with Gasteiger partial charge in [-0.3, -0.25) is 0 Å². The molecule has 0 aliphatic heterocycles. The zero-order chi connectivity index (χ0) is 8.85. The zero-order valence-electron chi connectivity index (χ0n) is 8.30. The quantitative estimate of drug-likeness (QED) is 0.652. The Morgan fingerprint density at radius 2 is 1.64 bits per heavy atom. The van der Waals surface area contributed by atoms with Gasteiger partial charge in [0.2, 0.25) is 0 Å². The Hall–Kier alpha value is -0.0400. The molecule has 0 heterocycles. The topological polar surface area (TPSA) is 20.2 Å². The molecular weight excluding hydrogens is 136 g/mol. The SMILES string of the molecule is CC(CCO)CC(C)C(C)C. The van der Waals surface area contributed by atoms with Crippen LogP contribution < -0.4 is 0 Å². The molecule has 1 nitrogen and oxygen atoms in total. The minimum Gasteiger partial charge on any atom is -0.396 e. The molecular formula is C10H22O. The summed E-state index contributed by atoms with van der Waals surface area (Å²) in [6, 6.07) is 0. The zero-order valence-corrected chi connectivity index (χ0v) is 8.30. The molecule has 0 amide bonds. The van der Waals surface area contributed by atoms with Gasteiger partial charge in [-0.25, -0.2) is 0 Å². The number of hydrogen-bond donors (Lipinski definition) is 1. The molecule has 0 aromatic heterocycles. The number of aliphatic hydroxyl groups excluding tert-OH is 1. The molecule has 2 atom stereocenters. The average Bonchev–Trinajstić information content (AvgIpc) is 1.87. The second-order valence-electron chi connectivity index (χ2n) is 4.07. The second-order valence-corrected chi connectivity index (χ2v) is 4.07. The molecule has 0 rings (SSSR count). The van der Waals surface area contributed by atoms with Crippen LogP contribution in [-0.2, 0) is 0 Å². The van der Waals surface area contributed by atoms with Gasteiger partial charge in [0, 0.05) is 6.61 Å². The highest BCUT2D eigenvalue weighted by molar-refractivity contribution is 4.61. The van der Waals surface area contributed by atoms with E-state index in [2.05, 4.69) is 27.7 Å². The Morgan fingerprint density at radius 1 is 1.09 bits per heavy atom. The smallest absolute Gasteiger partial charge is 0.0433 e. The fourth-order valence-corrected chi connectivity index (χ4v) is 1.25. The van der Waals surface area contributed by atoms with E-state index < -0.39 is 0 Å². The molecule has 0 saturated heterocycles. The van der Waals surface area contributed by atoms with E-state index >= 15 is 0 Å². The molecule has 0 aliphatic carbocycles. The van der Waals surface area contributed by atoms with Crippen LogP contribution in [-0.4, -0.2) is 11.7 Å². The van der Waals surface area contributed by atoms with Crippen LogP contribution in [0.5, 0.6) is 0 Å². The second kappa shape index (κ2) is 5.59. The van der Waals surface area contributed by atoms with Crippen LogP contribution in [0.25, 0.3) is 0 Å². The minimum absolute atomic E-state index is 0.339. The first-order valence-electron chi connectivity index (χ1n) is 4.68. The maximum absolute atomic E-state index is 8.69. The third-order valence-electron chi connectivity index (χ3n) is 2.53. The predicted molar refractivity (Wildman–Crippen MR) is 49.5 cm³/mol. The van der Waals surface area contributed by atoms with Crippen molar-refractivity contribution in [2.45, 2.75) is 40.5 Å². The van der Waals surface area contributed by atoms with E-state index in [1.54, 1.807) is 0 Å². The lowest BCUT2D eigenvalue weighted by atomic mass is 9.87. The largest absolute Gasteiger partial charge is 0.396 e. The van der Waals surface area contributed by atoms with Gasteiger partial charge in [0.25, 0.3) is 0 Å². The van der Waals surface area contributed by atoms with E-state index in [9.17, 15) is 0 Å². The molecule has 0 aromatic carbocycles. The van der Waals surface area contributed by atoms with E-state index in [4.69, 9.17) is 5.11 Å². The number of rotatable bonds is 5. The fraction of sp³-hybridized carbons (Fsp3) is 1.00. The molecule has 11 heavy (non-hydrogen) atoms. The molecule has 0 bridgehead atoms.